The van der Waals surface area contributed by atoms with Crippen LogP contribution in [-0.2, 0) is 6.54 Å². The lowest BCUT2D eigenvalue weighted by molar-refractivity contribution is 0.975. The van der Waals surface area contributed by atoms with Crippen LogP contribution in [0.1, 0.15) is 11.4 Å². The molecule has 29 heavy (non-hydrogen) atoms. The second-order valence-electron chi connectivity index (χ2n) is 6.66. The SMILES string of the molecule is Cc1nc(NCc2ccnc(-n3ccnc3)c2)c2cc(-c3ccccc3)sc2n1. The van der Waals surface area contributed by atoms with Gasteiger partial charge in [-0.15, -0.1) is 11.3 Å². The summed E-state index contributed by atoms with van der Waals surface area (Å²) >= 11 is 1.69. The molecule has 4 aromatic heterocycles. The van der Waals surface area contributed by atoms with Crippen LogP contribution in [0.15, 0.2) is 73.4 Å². The summed E-state index contributed by atoms with van der Waals surface area (Å²) in [7, 11) is 0. The van der Waals surface area contributed by atoms with Crippen LogP contribution in [0.5, 0.6) is 0 Å². The van der Waals surface area contributed by atoms with E-state index in [4.69, 9.17) is 0 Å². The molecular formula is C22H18N6S. The van der Waals surface area contributed by atoms with Crippen molar-refractivity contribution in [2.75, 3.05) is 5.32 Å². The first-order chi connectivity index (χ1) is 14.3. The number of rotatable bonds is 5. The molecule has 142 valence electrons. The van der Waals surface area contributed by atoms with Crippen molar-refractivity contribution in [1.82, 2.24) is 24.5 Å². The second-order valence-corrected chi connectivity index (χ2v) is 7.69. The molecule has 1 aromatic carbocycles. The summed E-state index contributed by atoms with van der Waals surface area (Å²) in [4.78, 5) is 20.0. The number of pyridine rings is 1. The fourth-order valence-corrected chi connectivity index (χ4v) is 4.28. The van der Waals surface area contributed by atoms with Gasteiger partial charge in [0.25, 0.3) is 0 Å². The average Bonchev–Trinajstić information content (AvgIpc) is 3.43. The van der Waals surface area contributed by atoms with Crippen LogP contribution in [0, 0.1) is 6.92 Å². The van der Waals surface area contributed by atoms with Crippen LogP contribution in [0.25, 0.3) is 26.5 Å². The number of benzene rings is 1. The van der Waals surface area contributed by atoms with Gasteiger partial charge in [-0.2, -0.15) is 0 Å². The Hall–Kier alpha value is -3.58. The van der Waals surface area contributed by atoms with Crippen LogP contribution >= 0.6 is 11.3 Å². The van der Waals surface area contributed by atoms with Crippen molar-refractivity contribution in [3.05, 3.63) is 84.8 Å². The van der Waals surface area contributed by atoms with Crippen molar-refractivity contribution in [3.63, 3.8) is 0 Å². The minimum absolute atomic E-state index is 0.645. The Morgan fingerprint density at radius 1 is 1.03 bits per heavy atom. The molecule has 4 heterocycles. The maximum atomic E-state index is 4.65. The van der Waals surface area contributed by atoms with Crippen LogP contribution in [0.2, 0.25) is 0 Å². The highest BCUT2D eigenvalue weighted by Gasteiger charge is 2.12. The first kappa shape index (κ1) is 17.5. The molecule has 5 rings (SSSR count). The van der Waals surface area contributed by atoms with E-state index in [0.29, 0.717) is 6.54 Å². The van der Waals surface area contributed by atoms with E-state index >= 15 is 0 Å². The molecule has 0 spiro atoms. The topological polar surface area (TPSA) is 68.5 Å². The van der Waals surface area contributed by atoms with E-state index in [-0.39, 0.29) is 0 Å². The van der Waals surface area contributed by atoms with Crippen molar-refractivity contribution < 1.29 is 0 Å². The maximum Gasteiger partial charge on any atom is 0.138 e. The van der Waals surface area contributed by atoms with Crippen LogP contribution < -0.4 is 5.32 Å². The lowest BCUT2D eigenvalue weighted by Crippen LogP contribution is -2.05. The minimum atomic E-state index is 0.645. The third-order valence-corrected chi connectivity index (χ3v) is 5.68. The monoisotopic (exact) mass is 398 g/mol. The maximum absolute atomic E-state index is 4.65. The van der Waals surface area contributed by atoms with Crippen LogP contribution in [0.3, 0.4) is 0 Å². The van der Waals surface area contributed by atoms with Gasteiger partial charge >= 0.3 is 0 Å². The molecular weight excluding hydrogens is 380 g/mol. The normalized spacial score (nSPS) is 11.1. The number of aryl methyl sites for hydroxylation is 1. The molecule has 0 amide bonds. The summed E-state index contributed by atoms with van der Waals surface area (Å²) in [6.45, 7) is 2.57. The molecule has 0 aliphatic carbocycles. The van der Waals surface area contributed by atoms with Crippen LogP contribution in [-0.4, -0.2) is 24.5 Å². The number of hydrogen-bond acceptors (Lipinski definition) is 6. The summed E-state index contributed by atoms with van der Waals surface area (Å²) in [6, 6.07) is 16.6. The number of hydrogen-bond donors (Lipinski definition) is 1. The van der Waals surface area contributed by atoms with Crippen molar-refractivity contribution in [2.45, 2.75) is 13.5 Å². The average molecular weight is 398 g/mol. The van der Waals surface area contributed by atoms with Crippen molar-refractivity contribution in [3.8, 4) is 16.3 Å². The predicted molar refractivity (Wildman–Crippen MR) is 116 cm³/mol. The first-order valence-corrected chi connectivity index (χ1v) is 10.1. The molecule has 0 saturated carbocycles. The summed E-state index contributed by atoms with van der Waals surface area (Å²) in [5.74, 6) is 2.45. The highest BCUT2D eigenvalue weighted by Crippen LogP contribution is 2.35. The van der Waals surface area contributed by atoms with Gasteiger partial charge in [0.15, 0.2) is 0 Å². The number of nitrogens with one attached hydrogen (secondary N) is 1. The Morgan fingerprint density at radius 3 is 2.76 bits per heavy atom. The fourth-order valence-electron chi connectivity index (χ4n) is 3.20. The van der Waals surface area contributed by atoms with Crippen molar-refractivity contribution >= 4 is 27.4 Å². The van der Waals surface area contributed by atoms with E-state index < -0.39 is 0 Å². The molecule has 0 aliphatic rings. The zero-order valence-electron chi connectivity index (χ0n) is 15.8. The van der Waals surface area contributed by atoms with E-state index in [0.717, 1.165) is 33.2 Å². The number of anilines is 1. The molecule has 0 radical (unpaired) electrons. The number of fused-ring (bicyclic) bond motifs is 1. The largest absolute Gasteiger partial charge is 0.365 e. The van der Waals surface area contributed by atoms with Gasteiger partial charge in [-0.1, -0.05) is 30.3 Å². The highest BCUT2D eigenvalue weighted by atomic mass is 32.1. The van der Waals surface area contributed by atoms with E-state index in [1.165, 1.54) is 10.4 Å². The first-order valence-electron chi connectivity index (χ1n) is 9.27. The van der Waals surface area contributed by atoms with Crippen molar-refractivity contribution in [1.29, 1.82) is 0 Å². The molecule has 0 bridgehead atoms. The Bertz CT molecular complexity index is 1260. The van der Waals surface area contributed by atoms with Gasteiger partial charge in [0.1, 0.15) is 28.6 Å². The van der Waals surface area contributed by atoms with E-state index in [1.807, 2.05) is 42.1 Å². The lowest BCUT2D eigenvalue weighted by atomic mass is 10.2. The van der Waals surface area contributed by atoms with Gasteiger partial charge in [-0.3, -0.25) is 4.57 Å². The highest BCUT2D eigenvalue weighted by molar-refractivity contribution is 7.21. The standard InChI is InChI=1S/C22H18N6S/c1-15-26-21(18-12-19(29-22(18)27-15)17-5-3-2-4-6-17)25-13-16-7-8-24-20(11-16)28-10-9-23-14-28/h2-12,14H,13H2,1H3,(H,25,26,27). The molecule has 7 heteroatoms. The minimum Gasteiger partial charge on any atom is -0.365 e. The summed E-state index contributed by atoms with van der Waals surface area (Å²) < 4.78 is 1.89. The lowest BCUT2D eigenvalue weighted by Gasteiger charge is -2.09. The second kappa shape index (κ2) is 7.44. The Labute approximate surface area is 172 Å². The Morgan fingerprint density at radius 2 is 1.93 bits per heavy atom. The molecule has 0 atom stereocenters. The van der Waals surface area contributed by atoms with Gasteiger partial charge in [0, 0.05) is 30.0 Å². The Kier molecular flexibility index (Phi) is 4.50. The molecule has 0 unspecified atom stereocenters. The van der Waals surface area contributed by atoms with Crippen molar-refractivity contribution in [2.24, 2.45) is 0 Å². The summed E-state index contributed by atoms with van der Waals surface area (Å²) in [5, 5.41) is 4.53. The zero-order chi connectivity index (χ0) is 19.6. The molecule has 0 fully saturated rings. The molecule has 5 aromatic rings. The third-order valence-electron chi connectivity index (χ3n) is 4.60. The molecule has 1 N–H and O–H groups in total. The Balaban J connectivity index is 1.45. The summed E-state index contributed by atoms with van der Waals surface area (Å²) in [6.07, 6.45) is 7.18. The number of thiophene rings is 1. The quantitative estimate of drug-likeness (QED) is 0.458. The third kappa shape index (κ3) is 3.60. The molecule has 6 nitrogen and oxygen atoms in total. The molecule has 0 saturated heterocycles. The number of aromatic nitrogens is 5. The van der Waals surface area contributed by atoms with E-state index in [2.05, 4.69) is 55.6 Å². The van der Waals surface area contributed by atoms with Gasteiger partial charge in [0.2, 0.25) is 0 Å². The number of imidazole rings is 1. The smallest absolute Gasteiger partial charge is 0.138 e. The van der Waals surface area contributed by atoms with Gasteiger partial charge in [-0.05, 0) is 36.2 Å². The van der Waals surface area contributed by atoms with Gasteiger partial charge in [0.05, 0.1) is 5.39 Å². The van der Waals surface area contributed by atoms with Gasteiger partial charge in [-0.25, -0.2) is 19.9 Å². The molecule has 0 aliphatic heterocycles. The van der Waals surface area contributed by atoms with Gasteiger partial charge < -0.3 is 5.32 Å². The zero-order valence-corrected chi connectivity index (χ0v) is 16.6. The van der Waals surface area contributed by atoms with E-state index in [1.54, 1.807) is 23.9 Å². The fraction of sp³-hybridized carbons (Fsp3) is 0.0909. The summed E-state index contributed by atoms with van der Waals surface area (Å²) in [5.41, 5.74) is 2.31. The number of nitrogens with zero attached hydrogens (tertiary/aromatic N) is 5. The van der Waals surface area contributed by atoms with Crippen LogP contribution in [0.4, 0.5) is 5.82 Å². The van der Waals surface area contributed by atoms with E-state index in [9.17, 15) is 0 Å². The predicted octanol–water partition coefficient (Wildman–Crippen LogP) is 4.86.